The Kier molecular flexibility index (Phi) is 5.07. The molecule has 0 spiro atoms. The maximum atomic E-state index is 10.3. The second-order valence-corrected chi connectivity index (χ2v) is 3.68. The summed E-state index contributed by atoms with van der Waals surface area (Å²) >= 11 is 0. The number of hydrogen-bond donors (Lipinski definition) is 2. The Balaban J connectivity index is 2.62. The van der Waals surface area contributed by atoms with Crippen molar-refractivity contribution in [1.82, 2.24) is 0 Å². The summed E-state index contributed by atoms with van der Waals surface area (Å²) in [6.45, 7) is 4.06. The van der Waals surface area contributed by atoms with E-state index >= 15 is 0 Å². The van der Waals surface area contributed by atoms with Gasteiger partial charge in [0, 0.05) is 24.0 Å². The van der Waals surface area contributed by atoms with Gasteiger partial charge in [-0.3, -0.25) is 0 Å². The number of carboxylic acids is 1. The van der Waals surface area contributed by atoms with Crippen LogP contribution >= 0.6 is 0 Å². The van der Waals surface area contributed by atoms with Gasteiger partial charge in [0.25, 0.3) is 0 Å². The summed E-state index contributed by atoms with van der Waals surface area (Å²) < 4.78 is 5.65. The minimum absolute atomic E-state index is 0.166. The van der Waals surface area contributed by atoms with E-state index in [1.807, 2.05) is 31.2 Å². The molecule has 4 nitrogen and oxygen atoms in total. The molecule has 0 fully saturated rings. The SMILES string of the molecule is CCC(C)Oc1cccc(N/C=C/C(=O)O)c1. The Bertz CT molecular complexity index is 401. The largest absolute Gasteiger partial charge is 0.491 e. The average molecular weight is 235 g/mol. The summed E-state index contributed by atoms with van der Waals surface area (Å²) in [5.41, 5.74) is 0.795. The molecule has 1 atom stereocenters. The van der Waals surface area contributed by atoms with Crippen molar-refractivity contribution in [3.8, 4) is 5.75 Å². The summed E-state index contributed by atoms with van der Waals surface area (Å²) in [7, 11) is 0. The van der Waals surface area contributed by atoms with Crippen LogP contribution in [-0.4, -0.2) is 17.2 Å². The van der Waals surface area contributed by atoms with E-state index in [0.717, 1.165) is 23.9 Å². The van der Waals surface area contributed by atoms with E-state index < -0.39 is 5.97 Å². The van der Waals surface area contributed by atoms with Gasteiger partial charge in [0.15, 0.2) is 0 Å². The number of carboxylic acid groups (broad SMARTS) is 1. The third-order valence-electron chi connectivity index (χ3n) is 2.22. The fourth-order valence-electron chi connectivity index (χ4n) is 1.18. The van der Waals surface area contributed by atoms with Gasteiger partial charge in [-0.2, -0.15) is 0 Å². The number of benzene rings is 1. The molecule has 0 saturated heterocycles. The Hall–Kier alpha value is -1.97. The zero-order valence-electron chi connectivity index (χ0n) is 10.0. The highest BCUT2D eigenvalue weighted by atomic mass is 16.5. The maximum Gasteiger partial charge on any atom is 0.329 e. The molecule has 0 aromatic heterocycles. The molecule has 0 amide bonds. The molecule has 1 aromatic carbocycles. The Labute approximate surface area is 101 Å². The van der Waals surface area contributed by atoms with Crippen LogP contribution in [0.2, 0.25) is 0 Å². The normalized spacial score (nSPS) is 12.4. The van der Waals surface area contributed by atoms with Gasteiger partial charge in [0.1, 0.15) is 5.75 Å². The number of carbonyl (C=O) groups is 1. The second-order valence-electron chi connectivity index (χ2n) is 3.68. The van der Waals surface area contributed by atoms with Crippen LogP contribution in [0.15, 0.2) is 36.5 Å². The zero-order chi connectivity index (χ0) is 12.7. The number of ether oxygens (including phenoxy) is 1. The van der Waals surface area contributed by atoms with E-state index in [2.05, 4.69) is 12.2 Å². The lowest BCUT2D eigenvalue weighted by molar-refractivity contribution is -0.131. The van der Waals surface area contributed by atoms with E-state index in [0.29, 0.717) is 0 Å². The van der Waals surface area contributed by atoms with Crippen molar-refractivity contribution in [2.45, 2.75) is 26.4 Å². The predicted molar refractivity (Wildman–Crippen MR) is 67.2 cm³/mol. The number of rotatable bonds is 6. The molecule has 0 aliphatic rings. The van der Waals surface area contributed by atoms with Gasteiger partial charge in [-0.15, -0.1) is 0 Å². The van der Waals surface area contributed by atoms with Crippen molar-refractivity contribution in [3.05, 3.63) is 36.5 Å². The summed E-state index contributed by atoms with van der Waals surface area (Å²) in [6.07, 6.45) is 3.53. The first kappa shape index (κ1) is 13.1. The second kappa shape index (κ2) is 6.58. The molecule has 1 unspecified atom stereocenters. The fraction of sp³-hybridized carbons (Fsp3) is 0.308. The maximum absolute atomic E-state index is 10.3. The summed E-state index contributed by atoms with van der Waals surface area (Å²) in [5.74, 6) is -0.211. The Morgan fingerprint density at radius 2 is 2.35 bits per heavy atom. The van der Waals surface area contributed by atoms with Gasteiger partial charge in [0.2, 0.25) is 0 Å². The molecular formula is C13H17NO3. The van der Waals surface area contributed by atoms with Gasteiger partial charge < -0.3 is 15.2 Å². The lowest BCUT2D eigenvalue weighted by Crippen LogP contribution is -2.09. The van der Waals surface area contributed by atoms with Gasteiger partial charge in [-0.1, -0.05) is 13.0 Å². The van der Waals surface area contributed by atoms with Crippen LogP contribution in [0.25, 0.3) is 0 Å². The molecule has 0 saturated carbocycles. The van der Waals surface area contributed by atoms with E-state index in [9.17, 15) is 4.79 Å². The first-order valence-electron chi connectivity index (χ1n) is 5.54. The van der Waals surface area contributed by atoms with Crippen molar-refractivity contribution in [3.63, 3.8) is 0 Å². The van der Waals surface area contributed by atoms with E-state index in [-0.39, 0.29) is 6.10 Å². The van der Waals surface area contributed by atoms with Crippen LogP contribution < -0.4 is 10.1 Å². The van der Waals surface area contributed by atoms with Crippen LogP contribution in [0.4, 0.5) is 5.69 Å². The van der Waals surface area contributed by atoms with Crippen LogP contribution in [0.1, 0.15) is 20.3 Å². The topological polar surface area (TPSA) is 58.6 Å². The van der Waals surface area contributed by atoms with Gasteiger partial charge >= 0.3 is 5.97 Å². The first-order chi connectivity index (χ1) is 8.11. The van der Waals surface area contributed by atoms with Crippen LogP contribution in [0, 0.1) is 0 Å². The summed E-state index contributed by atoms with van der Waals surface area (Å²) in [4.78, 5) is 10.3. The summed E-state index contributed by atoms with van der Waals surface area (Å²) in [5, 5.41) is 11.3. The highest BCUT2D eigenvalue weighted by Crippen LogP contribution is 2.19. The number of hydrogen-bond acceptors (Lipinski definition) is 3. The summed E-state index contributed by atoms with van der Waals surface area (Å²) in [6, 6.07) is 7.40. The van der Waals surface area contributed by atoms with E-state index in [1.54, 1.807) is 0 Å². The number of aliphatic carboxylic acids is 1. The van der Waals surface area contributed by atoms with Crippen molar-refractivity contribution < 1.29 is 14.6 Å². The molecule has 1 aromatic rings. The van der Waals surface area contributed by atoms with Crippen molar-refractivity contribution in [1.29, 1.82) is 0 Å². The zero-order valence-corrected chi connectivity index (χ0v) is 10.0. The van der Waals surface area contributed by atoms with Crippen molar-refractivity contribution >= 4 is 11.7 Å². The minimum Gasteiger partial charge on any atom is -0.491 e. The Morgan fingerprint density at radius 1 is 1.59 bits per heavy atom. The van der Waals surface area contributed by atoms with Gasteiger partial charge in [0.05, 0.1) is 6.10 Å². The third kappa shape index (κ3) is 5.06. The molecule has 0 aliphatic carbocycles. The quantitative estimate of drug-likeness (QED) is 0.744. The number of anilines is 1. The predicted octanol–water partition coefficient (Wildman–Crippen LogP) is 2.87. The number of nitrogens with one attached hydrogen (secondary N) is 1. The van der Waals surface area contributed by atoms with E-state index in [4.69, 9.17) is 9.84 Å². The Morgan fingerprint density at radius 3 is 3.00 bits per heavy atom. The van der Waals surface area contributed by atoms with Gasteiger partial charge in [-0.25, -0.2) is 4.79 Å². The minimum atomic E-state index is -0.982. The molecule has 2 N–H and O–H groups in total. The van der Waals surface area contributed by atoms with Crippen LogP contribution in [-0.2, 0) is 4.79 Å². The molecule has 17 heavy (non-hydrogen) atoms. The molecule has 4 heteroatoms. The molecular weight excluding hydrogens is 218 g/mol. The average Bonchev–Trinajstić information content (AvgIpc) is 2.29. The lowest BCUT2D eigenvalue weighted by atomic mass is 10.3. The van der Waals surface area contributed by atoms with Crippen LogP contribution in [0.5, 0.6) is 5.75 Å². The smallest absolute Gasteiger partial charge is 0.329 e. The van der Waals surface area contributed by atoms with Crippen LogP contribution in [0.3, 0.4) is 0 Å². The highest BCUT2D eigenvalue weighted by molar-refractivity contribution is 5.80. The molecule has 0 bridgehead atoms. The molecule has 0 aliphatic heterocycles. The van der Waals surface area contributed by atoms with E-state index in [1.165, 1.54) is 6.20 Å². The molecule has 0 heterocycles. The highest BCUT2D eigenvalue weighted by Gasteiger charge is 2.01. The standard InChI is InChI=1S/C13H17NO3/c1-3-10(2)17-12-6-4-5-11(9-12)14-8-7-13(15)16/h4-10,14H,3H2,1-2H3,(H,15,16)/b8-7+. The van der Waals surface area contributed by atoms with Crippen molar-refractivity contribution in [2.24, 2.45) is 0 Å². The van der Waals surface area contributed by atoms with Crippen molar-refractivity contribution in [2.75, 3.05) is 5.32 Å². The first-order valence-corrected chi connectivity index (χ1v) is 5.54. The van der Waals surface area contributed by atoms with Gasteiger partial charge in [-0.05, 0) is 25.5 Å². The third-order valence-corrected chi connectivity index (χ3v) is 2.22. The molecule has 92 valence electrons. The lowest BCUT2D eigenvalue weighted by Gasteiger charge is -2.13. The molecule has 1 rings (SSSR count). The monoisotopic (exact) mass is 235 g/mol. The fourth-order valence-corrected chi connectivity index (χ4v) is 1.18. The molecule has 0 radical (unpaired) electrons.